The molecule has 3 rings (SSSR count). The Hall–Kier alpha value is -2.79. The Kier molecular flexibility index (Phi) is 6.60. The molecule has 29 heavy (non-hydrogen) atoms. The molecule has 1 amide bonds. The summed E-state index contributed by atoms with van der Waals surface area (Å²) in [6, 6.07) is 12.2. The quantitative estimate of drug-likeness (QED) is 0.529. The van der Waals surface area contributed by atoms with Gasteiger partial charge in [-0.05, 0) is 60.1 Å². The summed E-state index contributed by atoms with van der Waals surface area (Å²) in [7, 11) is 1.58. The smallest absolute Gasteiger partial charge is 0.497 e. The second-order valence-corrected chi connectivity index (χ2v) is 7.50. The van der Waals surface area contributed by atoms with Gasteiger partial charge in [0.05, 0.1) is 12.9 Å². The molecule has 152 valence electrons. The number of thioether (sulfide) groups is 1. The van der Waals surface area contributed by atoms with Gasteiger partial charge in [-0.15, -0.1) is 13.2 Å². The predicted octanol–water partition coefficient (Wildman–Crippen LogP) is 4.84. The van der Waals surface area contributed by atoms with Crippen molar-refractivity contribution in [2.75, 3.05) is 18.2 Å². The third-order valence-corrected chi connectivity index (χ3v) is 5.29. The van der Waals surface area contributed by atoms with Gasteiger partial charge in [-0.3, -0.25) is 4.79 Å². The van der Waals surface area contributed by atoms with Crippen LogP contribution in [-0.2, 0) is 4.79 Å². The maximum atomic E-state index is 12.1. The molecule has 0 saturated heterocycles. The molecule has 0 aliphatic heterocycles. The van der Waals surface area contributed by atoms with E-state index in [0.717, 1.165) is 23.4 Å². The maximum absolute atomic E-state index is 12.1. The Labute approximate surface area is 172 Å². The summed E-state index contributed by atoms with van der Waals surface area (Å²) < 4.78 is 50.2. The highest BCUT2D eigenvalue weighted by molar-refractivity contribution is 8.01. The van der Waals surface area contributed by atoms with Gasteiger partial charge in [0.15, 0.2) is 10.2 Å². The molecule has 0 aliphatic rings. The van der Waals surface area contributed by atoms with E-state index in [1.165, 1.54) is 35.4 Å². The largest absolute Gasteiger partial charge is 0.573 e. The number of ether oxygens (including phenoxy) is 2. The van der Waals surface area contributed by atoms with E-state index in [4.69, 9.17) is 4.74 Å². The number of carbonyl (C=O) groups is 1. The molecular weight excluding hydrogens is 427 g/mol. The molecule has 1 aromatic heterocycles. The van der Waals surface area contributed by atoms with E-state index >= 15 is 0 Å². The summed E-state index contributed by atoms with van der Waals surface area (Å²) in [6.07, 6.45) is -4.76. The molecule has 0 atom stereocenters. The van der Waals surface area contributed by atoms with Gasteiger partial charge in [0.25, 0.3) is 0 Å². The molecule has 3 aromatic rings. The summed E-state index contributed by atoms with van der Waals surface area (Å²) in [6.45, 7) is 0. The van der Waals surface area contributed by atoms with Crippen molar-refractivity contribution in [1.82, 2.24) is 9.36 Å². The fourth-order valence-electron chi connectivity index (χ4n) is 2.19. The number of carbonyl (C=O) groups excluding carboxylic acids is 1. The van der Waals surface area contributed by atoms with Crippen molar-refractivity contribution in [3.63, 3.8) is 0 Å². The molecule has 0 unspecified atom stereocenters. The Morgan fingerprint density at radius 2 is 1.76 bits per heavy atom. The first-order valence-electron chi connectivity index (χ1n) is 8.09. The normalized spacial score (nSPS) is 11.2. The van der Waals surface area contributed by atoms with Gasteiger partial charge in [0.2, 0.25) is 5.91 Å². The second kappa shape index (κ2) is 9.14. The number of hydrogen-bond acceptors (Lipinski definition) is 7. The minimum Gasteiger partial charge on any atom is -0.497 e. The number of anilines is 1. The molecule has 1 heterocycles. The number of benzene rings is 2. The first-order valence-corrected chi connectivity index (χ1v) is 9.85. The van der Waals surface area contributed by atoms with E-state index < -0.39 is 6.36 Å². The van der Waals surface area contributed by atoms with Crippen molar-refractivity contribution >= 4 is 34.9 Å². The van der Waals surface area contributed by atoms with Crippen LogP contribution in [0, 0.1) is 0 Å². The van der Waals surface area contributed by atoms with Gasteiger partial charge in [0, 0.05) is 11.3 Å². The highest BCUT2D eigenvalue weighted by Gasteiger charge is 2.30. The molecule has 0 aliphatic carbocycles. The number of methoxy groups -OCH3 is 1. The summed E-state index contributed by atoms with van der Waals surface area (Å²) >= 11 is 2.39. The number of nitrogens with one attached hydrogen (secondary N) is 1. The maximum Gasteiger partial charge on any atom is 0.573 e. The molecule has 0 saturated carbocycles. The first-order chi connectivity index (χ1) is 13.8. The molecule has 11 heteroatoms. The third-order valence-electron chi connectivity index (χ3n) is 3.45. The van der Waals surface area contributed by atoms with Crippen molar-refractivity contribution in [2.24, 2.45) is 0 Å². The van der Waals surface area contributed by atoms with E-state index in [1.54, 1.807) is 7.11 Å². The molecular formula is C18H14F3N3O3S2. The van der Waals surface area contributed by atoms with Gasteiger partial charge in [0.1, 0.15) is 11.5 Å². The van der Waals surface area contributed by atoms with Crippen molar-refractivity contribution in [2.45, 2.75) is 10.7 Å². The number of alkyl halides is 3. The summed E-state index contributed by atoms with van der Waals surface area (Å²) in [5.74, 6) is 0.692. The van der Waals surface area contributed by atoms with E-state index in [0.29, 0.717) is 15.9 Å². The Morgan fingerprint density at radius 1 is 1.10 bits per heavy atom. The summed E-state index contributed by atoms with van der Waals surface area (Å²) in [5.41, 5.74) is 1.20. The van der Waals surface area contributed by atoms with Crippen LogP contribution >= 0.6 is 23.3 Å². The first kappa shape index (κ1) is 20.9. The monoisotopic (exact) mass is 441 g/mol. The van der Waals surface area contributed by atoms with Crippen LogP contribution in [0.15, 0.2) is 52.9 Å². The van der Waals surface area contributed by atoms with Crippen LogP contribution in [0.2, 0.25) is 0 Å². The number of halogens is 3. The van der Waals surface area contributed by atoms with E-state index in [9.17, 15) is 18.0 Å². The highest BCUT2D eigenvalue weighted by atomic mass is 32.2. The van der Waals surface area contributed by atoms with E-state index in [-0.39, 0.29) is 17.4 Å². The number of hydrogen-bond donors (Lipinski definition) is 1. The lowest BCUT2D eigenvalue weighted by Crippen LogP contribution is -2.17. The average Bonchev–Trinajstić information content (AvgIpc) is 3.16. The zero-order chi connectivity index (χ0) is 20.9. The van der Waals surface area contributed by atoms with Crippen LogP contribution in [0.4, 0.5) is 18.9 Å². The second-order valence-electron chi connectivity index (χ2n) is 5.52. The number of rotatable bonds is 7. The molecule has 0 radical (unpaired) electrons. The SMILES string of the molecule is COc1ccc(-c2nsc(SCC(=O)Nc3ccc(OC(F)(F)F)cc3)n2)cc1. The van der Waals surface area contributed by atoms with Crippen molar-refractivity contribution < 1.29 is 27.4 Å². The summed E-state index contributed by atoms with van der Waals surface area (Å²) in [5, 5.41) is 2.60. The molecule has 2 aromatic carbocycles. The molecule has 0 fully saturated rings. The van der Waals surface area contributed by atoms with Crippen LogP contribution in [0.25, 0.3) is 11.4 Å². The topological polar surface area (TPSA) is 73.3 Å². The Bertz CT molecular complexity index is 961. The molecule has 6 nitrogen and oxygen atoms in total. The van der Waals surface area contributed by atoms with Gasteiger partial charge in [-0.1, -0.05) is 11.8 Å². The Balaban J connectivity index is 1.51. The minimum atomic E-state index is -4.76. The zero-order valence-electron chi connectivity index (χ0n) is 14.9. The van der Waals surface area contributed by atoms with E-state index in [2.05, 4.69) is 19.4 Å². The van der Waals surface area contributed by atoms with Gasteiger partial charge < -0.3 is 14.8 Å². The van der Waals surface area contributed by atoms with Gasteiger partial charge in [-0.25, -0.2) is 4.98 Å². The lowest BCUT2D eigenvalue weighted by molar-refractivity contribution is -0.274. The minimum absolute atomic E-state index is 0.0814. The van der Waals surface area contributed by atoms with Crippen LogP contribution < -0.4 is 14.8 Å². The summed E-state index contributed by atoms with van der Waals surface area (Å²) in [4.78, 5) is 16.4. The number of aromatic nitrogens is 2. The zero-order valence-corrected chi connectivity index (χ0v) is 16.5. The molecule has 0 spiro atoms. The lowest BCUT2D eigenvalue weighted by atomic mass is 10.2. The van der Waals surface area contributed by atoms with Crippen LogP contribution in [-0.4, -0.2) is 34.5 Å². The standard InChI is InChI=1S/C18H14F3N3O3S2/c1-26-13-6-2-11(3-7-13)16-23-17(29-24-16)28-10-15(25)22-12-4-8-14(9-5-12)27-18(19,20)21/h2-9H,10H2,1H3,(H,22,25). The number of amides is 1. The highest BCUT2D eigenvalue weighted by Crippen LogP contribution is 2.27. The fourth-order valence-corrected chi connectivity index (χ4v) is 3.61. The lowest BCUT2D eigenvalue weighted by Gasteiger charge is -2.09. The predicted molar refractivity (Wildman–Crippen MR) is 104 cm³/mol. The van der Waals surface area contributed by atoms with Crippen LogP contribution in [0.3, 0.4) is 0 Å². The van der Waals surface area contributed by atoms with Gasteiger partial charge in [-0.2, -0.15) is 4.37 Å². The average molecular weight is 441 g/mol. The van der Waals surface area contributed by atoms with E-state index in [1.807, 2.05) is 24.3 Å². The van der Waals surface area contributed by atoms with Crippen molar-refractivity contribution in [3.05, 3.63) is 48.5 Å². The van der Waals surface area contributed by atoms with Crippen molar-refractivity contribution in [1.29, 1.82) is 0 Å². The molecule has 1 N–H and O–H groups in total. The van der Waals surface area contributed by atoms with Crippen LogP contribution in [0.5, 0.6) is 11.5 Å². The van der Waals surface area contributed by atoms with Gasteiger partial charge >= 0.3 is 6.36 Å². The third kappa shape index (κ3) is 6.36. The van der Waals surface area contributed by atoms with Crippen molar-refractivity contribution in [3.8, 4) is 22.9 Å². The fraction of sp³-hybridized carbons (Fsp3) is 0.167. The number of nitrogens with zero attached hydrogens (tertiary/aromatic N) is 2. The van der Waals surface area contributed by atoms with Crippen LogP contribution in [0.1, 0.15) is 0 Å². The Morgan fingerprint density at radius 3 is 2.38 bits per heavy atom. The molecule has 0 bridgehead atoms.